The summed E-state index contributed by atoms with van der Waals surface area (Å²) in [4.78, 5) is 3.74. The Morgan fingerprint density at radius 3 is 2.55 bits per heavy atom. The summed E-state index contributed by atoms with van der Waals surface area (Å²) in [6, 6.07) is 6.78. The molecule has 2 nitrogen and oxygen atoms in total. The van der Waals surface area contributed by atoms with Gasteiger partial charge in [0.05, 0.1) is 5.56 Å². The number of aryl methyl sites for hydroxylation is 1. The molecule has 0 aliphatic heterocycles. The topological polar surface area (TPSA) is 22.1 Å². The Kier molecular flexibility index (Phi) is 4.25. The summed E-state index contributed by atoms with van der Waals surface area (Å²) in [6.07, 6.45) is -4.50. The van der Waals surface area contributed by atoms with Crippen LogP contribution in [0.25, 0.3) is 0 Å². The van der Waals surface area contributed by atoms with Crippen molar-refractivity contribution in [3.63, 3.8) is 0 Å². The van der Waals surface area contributed by atoms with E-state index in [0.717, 1.165) is 22.2 Å². The highest BCUT2D eigenvalue weighted by atomic mass is 79.9. The summed E-state index contributed by atoms with van der Waals surface area (Å²) < 4.78 is 44.2. The molecule has 20 heavy (non-hydrogen) atoms. The Labute approximate surface area is 126 Å². The second-order valence-corrected chi connectivity index (χ2v) is 5.33. The molecular formula is C13H8BrClF3NO. The number of rotatable bonds is 2. The van der Waals surface area contributed by atoms with E-state index in [2.05, 4.69) is 20.9 Å². The molecule has 1 aromatic heterocycles. The van der Waals surface area contributed by atoms with Gasteiger partial charge < -0.3 is 4.74 Å². The van der Waals surface area contributed by atoms with Gasteiger partial charge in [0.25, 0.3) is 0 Å². The first-order chi connectivity index (χ1) is 9.25. The molecule has 2 aromatic rings. The summed E-state index contributed by atoms with van der Waals surface area (Å²) in [5.74, 6) is 0.202. The molecule has 0 atom stereocenters. The standard InChI is InChI=1S/C13H8BrClF3NO/c1-7-2-3-9(14)6-10(7)20-12-5-8(13(16,17)18)4-11(15)19-12/h2-6H,1H3. The van der Waals surface area contributed by atoms with Gasteiger partial charge in [-0.15, -0.1) is 0 Å². The Balaban J connectivity index is 2.39. The van der Waals surface area contributed by atoms with Crippen LogP contribution >= 0.6 is 27.5 Å². The van der Waals surface area contributed by atoms with Gasteiger partial charge in [-0.2, -0.15) is 13.2 Å². The van der Waals surface area contributed by atoms with Gasteiger partial charge in [0.15, 0.2) is 0 Å². The summed E-state index contributed by atoms with van der Waals surface area (Å²) >= 11 is 8.86. The average Bonchev–Trinajstić information content (AvgIpc) is 2.32. The maximum Gasteiger partial charge on any atom is 0.416 e. The molecule has 0 unspecified atom stereocenters. The Morgan fingerprint density at radius 2 is 1.90 bits per heavy atom. The first-order valence-corrected chi connectivity index (χ1v) is 6.61. The van der Waals surface area contributed by atoms with E-state index >= 15 is 0 Å². The van der Waals surface area contributed by atoms with Crippen LogP contribution in [-0.4, -0.2) is 4.98 Å². The molecule has 1 aromatic carbocycles. The van der Waals surface area contributed by atoms with Gasteiger partial charge in [0, 0.05) is 10.5 Å². The molecule has 0 spiro atoms. The fourth-order valence-electron chi connectivity index (χ4n) is 1.49. The van der Waals surface area contributed by atoms with Gasteiger partial charge in [-0.3, -0.25) is 0 Å². The molecule has 0 aliphatic carbocycles. The third-order valence-electron chi connectivity index (χ3n) is 2.46. The second-order valence-electron chi connectivity index (χ2n) is 4.03. The fraction of sp³-hybridized carbons (Fsp3) is 0.154. The van der Waals surface area contributed by atoms with Gasteiger partial charge in [-0.25, -0.2) is 4.98 Å². The highest BCUT2D eigenvalue weighted by Crippen LogP contribution is 2.34. The van der Waals surface area contributed by atoms with E-state index < -0.39 is 11.7 Å². The lowest BCUT2D eigenvalue weighted by Gasteiger charge is -2.11. The van der Waals surface area contributed by atoms with Crippen molar-refractivity contribution < 1.29 is 17.9 Å². The summed E-state index contributed by atoms with van der Waals surface area (Å²) in [5.41, 5.74) is -0.135. The molecule has 7 heteroatoms. The number of ether oxygens (including phenoxy) is 1. The number of aromatic nitrogens is 1. The van der Waals surface area contributed by atoms with E-state index in [1.165, 1.54) is 0 Å². The van der Waals surface area contributed by atoms with Gasteiger partial charge in [-0.05, 0) is 30.7 Å². The second kappa shape index (κ2) is 5.61. The van der Waals surface area contributed by atoms with Crippen molar-refractivity contribution in [1.29, 1.82) is 0 Å². The lowest BCUT2D eigenvalue weighted by molar-refractivity contribution is -0.137. The maximum atomic E-state index is 12.7. The molecule has 0 aliphatic rings. The van der Waals surface area contributed by atoms with E-state index in [4.69, 9.17) is 16.3 Å². The number of hydrogen-bond donors (Lipinski definition) is 0. The zero-order valence-electron chi connectivity index (χ0n) is 10.1. The fourth-order valence-corrected chi connectivity index (χ4v) is 2.03. The quantitative estimate of drug-likeness (QED) is 0.644. The Hall–Kier alpha value is -1.27. The SMILES string of the molecule is Cc1ccc(Br)cc1Oc1cc(C(F)(F)F)cc(Cl)n1. The van der Waals surface area contributed by atoms with Crippen molar-refractivity contribution in [3.05, 3.63) is 51.1 Å². The van der Waals surface area contributed by atoms with E-state index in [1.54, 1.807) is 25.1 Å². The van der Waals surface area contributed by atoms with Crippen LogP contribution in [-0.2, 0) is 6.18 Å². The predicted octanol–water partition coefficient (Wildman–Crippen LogP) is 5.62. The predicted molar refractivity (Wildman–Crippen MR) is 73.2 cm³/mol. The molecule has 106 valence electrons. The number of benzene rings is 1. The van der Waals surface area contributed by atoms with Gasteiger partial charge in [-0.1, -0.05) is 33.6 Å². The minimum absolute atomic E-state index is 0.203. The van der Waals surface area contributed by atoms with Crippen LogP contribution < -0.4 is 4.74 Å². The molecule has 0 amide bonds. The maximum absolute atomic E-state index is 12.7. The van der Waals surface area contributed by atoms with Crippen LogP contribution in [0.1, 0.15) is 11.1 Å². The van der Waals surface area contributed by atoms with Crippen molar-refractivity contribution in [2.45, 2.75) is 13.1 Å². The number of hydrogen-bond acceptors (Lipinski definition) is 2. The summed E-state index contributed by atoms with van der Waals surface area (Å²) in [5, 5.41) is -0.275. The van der Waals surface area contributed by atoms with Crippen molar-refractivity contribution in [3.8, 4) is 11.6 Å². The minimum Gasteiger partial charge on any atom is -0.439 e. The largest absolute Gasteiger partial charge is 0.439 e. The third kappa shape index (κ3) is 3.64. The van der Waals surface area contributed by atoms with Crippen LogP contribution in [0, 0.1) is 6.92 Å². The van der Waals surface area contributed by atoms with Crippen LogP contribution in [0.4, 0.5) is 13.2 Å². The minimum atomic E-state index is -4.50. The van der Waals surface area contributed by atoms with E-state index in [0.29, 0.717) is 5.75 Å². The lowest BCUT2D eigenvalue weighted by atomic mass is 10.2. The van der Waals surface area contributed by atoms with Crippen molar-refractivity contribution in [2.24, 2.45) is 0 Å². The number of alkyl halides is 3. The normalized spacial score (nSPS) is 11.5. The molecule has 0 fully saturated rings. The van der Waals surface area contributed by atoms with Gasteiger partial charge in [0.2, 0.25) is 5.88 Å². The molecule has 1 heterocycles. The molecule has 0 saturated heterocycles. The summed E-state index contributed by atoms with van der Waals surface area (Å²) in [6.45, 7) is 1.77. The molecule has 0 N–H and O–H groups in total. The molecular weight excluding hydrogens is 359 g/mol. The van der Waals surface area contributed by atoms with E-state index in [-0.39, 0.29) is 11.0 Å². The van der Waals surface area contributed by atoms with Crippen molar-refractivity contribution in [1.82, 2.24) is 4.98 Å². The monoisotopic (exact) mass is 365 g/mol. The van der Waals surface area contributed by atoms with Crippen LogP contribution in [0.2, 0.25) is 5.15 Å². The molecule has 2 rings (SSSR count). The van der Waals surface area contributed by atoms with Gasteiger partial charge in [0.1, 0.15) is 10.9 Å². The number of pyridine rings is 1. The Morgan fingerprint density at radius 1 is 1.20 bits per heavy atom. The van der Waals surface area contributed by atoms with Crippen LogP contribution in [0.5, 0.6) is 11.6 Å². The van der Waals surface area contributed by atoms with Crippen molar-refractivity contribution in [2.75, 3.05) is 0 Å². The zero-order valence-corrected chi connectivity index (χ0v) is 12.5. The van der Waals surface area contributed by atoms with Crippen molar-refractivity contribution >= 4 is 27.5 Å². The molecule has 0 radical (unpaired) electrons. The Bertz CT molecular complexity index is 646. The number of nitrogens with zero attached hydrogens (tertiary/aromatic N) is 1. The first-order valence-electron chi connectivity index (χ1n) is 5.44. The van der Waals surface area contributed by atoms with Crippen LogP contribution in [0.15, 0.2) is 34.8 Å². The zero-order chi connectivity index (χ0) is 14.9. The highest BCUT2D eigenvalue weighted by Gasteiger charge is 2.31. The van der Waals surface area contributed by atoms with Gasteiger partial charge >= 0.3 is 6.18 Å². The van der Waals surface area contributed by atoms with Crippen LogP contribution in [0.3, 0.4) is 0 Å². The van der Waals surface area contributed by atoms with E-state index in [9.17, 15) is 13.2 Å². The number of halogens is 5. The highest BCUT2D eigenvalue weighted by molar-refractivity contribution is 9.10. The van der Waals surface area contributed by atoms with E-state index in [1.807, 2.05) is 0 Å². The molecule has 0 saturated carbocycles. The average molecular weight is 367 g/mol. The first kappa shape index (κ1) is 15.1. The smallest absolute Gasteiger partial charge is 0.416 e. The molecule has 0 bridgehead atoms. The summed E-state index contributed by atoms with van der Waals surface area (Å²) in [7, 11) is 0. The lowest BCUT2D eigenvalue weighted by Crippen LogP contribution is -2.06. The third-order valence-corrected chi connectivity index (χ3v) is 3.15.